The Morgan fingerprint density at radius 3 is 2.53 bits per heavy atom. The van der Waals surface area contributed by atoms with Gasteiger partial charge in [0.25, 0.3) is 0 Å². The summed E-state index contributed by atoms with van der Waals surface area (Å²) in [6, 6.07) is 8.35. The van der Waals surface area contributed by atoms with Gasteiger partial charge in [0.2, 0.25) is 0 Å². The van der Waals surface area contributed by atoms with Crippen LogP contribution in [0.2, 0.25) is 0 Å². The SMILES string of the molecule is Nc1cccc(C2(CS)CCCCC2)c1. The molecule has 1 aliphatic rings. The molecule has 2 heteroatoms. The van der Waals surface area contributed by atoms with Crippen LogP contribution in [0.1, 0.15) is 37.7 Å². The summed E-state index contributed by atoms with van der Waals surface area (Å²) in [5, 5.41) is 0. The van der Waals surface area contributed by atoms with E-state index in [-0.39, 0.29) is 5.41 Å². The molecule has 0 aliphatic heterocycles. The lowest BCUT2D eigenvalue weighted by molar-refractivity contribution is 0.326. The maximum atomic E-state index is 5.85. The van der Waals surface area contributed by atoms with Crippen molar-refractivity contribution in [1.29, 1.82) is 0 Å². The number of rotatable bonds is 2. The van der Waals surface area contributed by atoms with Crippen molar-refractivity contribution >= 4 is 18.3 Å². The van der Waals surface area contributed by atoms with E-state index in [1.807, 2.05) is 6.07 Å². The molecule has 2 rings (SSSR count). The summed E-state index contributed by atoms with van der Waals surface area (Å²) in [4.78, 5) is 0. The molecular weight excluding hydrogens is 202 g/mol. The zero-order valence-corrected chi connectivity index (χ0v) is 9.97. The fraction of sp³-hybridized carbons (Fsp3) is 0.538. The summed E-state index contributed by atoms with van der Waals surface area (Å²) in [6.07, 6.45) is 6.56. The number of nitrogen functional groups attached to an aromatic ring is 1. The lowest BCUT2D eigenvalue weighted by Crippen LogP contribution is -2.31. The molecule has 0 heterocycles. The first-order chi connectivity index (χ1) is 7.27. The Labute approximate surface area is 97.5 Å². The Morgan fingerprint density at radius 2 is 1.93 bits per heavy atom. The van der Waals surface area contributed by atoms with Crippen LogP contribution in [0.4, 0.5) is 5.69 Å². The van der Waals surface area contributed by atoms with Gasteiger partial charge < -0.3 is 5.73 Å². The first-order valence-corrected chi connectivity index (χ1v) is 6.37. The molecule has 1 nitrogen and oxygen atoms in total. The van der Waals surface area contributed by atoms with Crippen molar-refractivity contribution in [3.05, 3.63) is 29.8 Å². The Morgan fingerprint density at radius 1 is 1.20 bits per heavy atom. The molecule has 15 heavy (non-hydrogen) atoms. The normalized spacial score (nSPS) is 20.1. The van der Waals surface area contributed by atoms with E-state index in [0.717, 1.165) is 11.4 Å². The molecule has 1 aromatic carbocycles. The summed E-state index contributed by atoms with van der Waals surface area (Å²) in [7, 11) is 0. The van der Waals surface area contributed by atoms with Crippen molar-refractivity contribution in [3.8, 4) is 0 Å². The third-order valence-electron chi connectivity index (χ3n) is 3.61. The predicted octanol–water partition coefficient (Wildman–Crippen LogP) is 3.40. The Kier molecular flexibility index (Phi) is 3.25. The van der Waals surface area contributed by atoms with E-state index in [0.29, 0.717) is 0 Å². The van der Waals surface area contributed by atoms with Crippen molar-refractivity contribution in [2.24, 2.45) is 0 Å². The van der Waals surface area contributed by atoms with Crippen LogP contribution in [0.5, 0.6) is 0 Å². The minimum atomic E-state index is 0.288. The van der Waals surface area contributed by atoms with Crippen molar-refractivity contribution in [2.75, 3.05) is 11.5 Å². The number of benzene rings is 1. The Bertz CT molecular complexity index is 329. The highest BCUT2D eigenvalue weighted by atomic mass is 32.1. The number of thiol groups is 1. The lowest BCUT2D eigenvalue weighted by Gasteiger charge is -2.36. The van der Waals surface area contributed by atoms with Gasteiger partial charge in [0.1, 0.15) is 0 Å². The van der Waals surface area contributed by atoms with Crippen LogP contribution in [-0.2, 0) is 5.41 Å². The molecular formula is C13H19NS. The second kappa shape index (κ2) is 4.48. The van der Waals surface area contributed by atoms with Crippen LogP contribution >= 0.6 is 12.6 Å². The third-order valence-corrected chi connectivity index (χ3v) is 4.22. The molecule has 2 N–H and O–H groups in total. The molecule has 1 aromatic rings. The largest absolute Gasteiger partial charge is 0.399 e. The molecule has 0 bridgehead atoms. The second-order valence-electron chi connectivity index (χ2n) is 4.62. The smallest absolute Gasteiger partial charge is 0.0316 e. The van der Waals surface area contributed by atoms with Gasteiger partial charge in [0, 0.05) is 11.1 Å². The number of hydrogen-bond acceptors (Lipinski definition) is 2. The van der Waals surface area contributed by atoms with E-state index in [1.54, 1.807) is 0 Å². The minimum absolute atomic E-state index is 0.288. The predicted molar refractivity (Wildman–Crippen MR) is 69.5 cm³/mol. The molecule has 0 radical (unpaired) electrons. The molecule has 1 fully saturated rings. The molecule has 0 spiro atoms. The van der Waals surface area contributed by atoms with Crippen LogP contribution in [0.15, 0.2) is 24.3 Å². The third kappa shape index (κ3) is 2.15. The van der Waals surface area contributed by atoms with E-state index in [1.165, 1.54) is 37.7 Å². The first kappa shape index (κ1) is 10.9. The van der Waals surface area contributed by atoms with E-state index in [9.17, 15) is 0 Å². The Balaban J connectivity index is 2.32. The molecule has 0 amide bonds. The van der Waals surface area contributed by atoms with E-state index in [4.69, 9.17) is 5.73 Å². The molecule has 0 aromatic heterocycles. The maximum Gasteiger partial charge on any atom is 0.0316 e. The van der Waals surface area contributed by atoms with E-state index in [2.05, 4.69) is 30.8 Å². The summed E-state index contributed by atoms with van der Waals surface area (Å²) < 4.78 is 0. The van der Waals surface area contributed by atoms with Gasteiger partial charge >= 0.3 is 0 Å². The average molecular weight is 221 g/mol. The van der Waals surface area contributed by atoms with Gasteiger partial charge in [-0.05, 0) is 36.3 Å². The van der Waals surface area contributed by atoms with Crippen LogP contribution in [-0.4, -0.2) is 5.75 Å². The van der Waals surface area contributed by atoms with Crippen LogP contribution in [0, 0.1) is 0 Å². The van der Waals surface area contributed by atoms with Crippen molar-refractivity contribution in [2.45, 2.75) is 37.5 Å². The van der Waals surface area contributed by atoms with E-state index < -0.39 is 0 Å². The molecule has 82 valence electrons. The fourth-order valence-corrected chi connectivity index (χ4v) is 3.13. The van der Waals surface area contributed by atoms with Gasteiger partial charge in [0.05, 0.1) is 0 Å². The van der Waals surface area contributed by atoms with Crippen molar-refractivity contribution < 1.29 is 0 Å². The summed E-state index contributed by atoms with van der Waals surface area (Å²) in [5.41, 5.74) is 8.40. The number of hydrogen-bond donors (Lipinski definition) is 2. The topological polar surface area (TPSA) is 26.0 Å². The zero-order valence-electron chi connectivity index (χ0n) is 9.08. The second-order valence-corrected chi connectivity index (χ2v) is 4.94. The quantitative estimate of drug-likeness (QED) is 0.581. The van der Waals surface area contributed by atoms with E-state index >= 15 is 0 Å². The van der Waals surface area contributed by atoms with Crippen LogP contribution in [0.3, 0.4) is 0 Å². The van der Waals surface area contributed by atoms with Gasteiger partial charge in [-0.3, -0.25) is 0 Å². The van der Waals surface area contributed by atoms with Crippen LogP contribution < -0.4 is 5.73 Å². The molecule has 1 aliphatic carbocycles. The van der Waals surface area contributed by atoms with Crippen molar-refractivity contribution in [1.82, 2.24) is 0 Å². The van der Waals surface area contributed by atoms with Gasteiger partial charge in [0.15, 0.2) is 0 Å². The lowest BCUT2D eigenvalue weighted by atomic mass is 9.71. The zero-order chi connectivity index (χ0) is 10.7. The number of nitrogens with two attached hydrogens (primary N) is 1. The highest BCUT2D eigenvalue weighted by molar-refractivity contribution is 7.80. The summed E-state index contributed by atoms with van der Waals surface area (Å²) in [5.74, 6) is 0.941. The molecule has 0 atom stereocenters. The monoisotopic (exact) mass is 221 g/mol. The minimum Gasteiger partial charge on any atom is -0.399 e. The highest BCUT2D eigenvalue weighted by Crippen LogP contribution is 2.40. The van der Waals surface area contributed by atoms with Gasteiger partial charge in [-0.25, -0.2) is 0 Å². The highest BCUT2D eigenvalue weighted by Gasteiger charge is 2.32. The van der Waals surface area contributed by atoms with Gasteiger partial charge in [-0.1, -0.05) is 31.4 Å². The fourth-order valence-electron chi connectivity index (χ4n) is 2.64. The van der Waals surface area contributed by atoms with Crippen LogP contribution in [0.25, 0.3) is 0 Å². The van der Waals surface area contributed by atoms with Gasteiger partial charge in [-0.2, -0.15) is 12.6 Å². The molecule has 0 saturated heterocycles. The van der Waals surface area contributed by atoms with Gasteiger partial charge in [-0.15, -0.1) is 0 Å². The summed E-state index contributed by atoms with van der Waals surface area (Å²) >= 11 is 4.55. The molecule has 1 saturated carbocycles. The number of anilines is 1. The first-order valence-electron chi connectivity index (χ1n) is 5.74. The average Bonchev–Trinajstić information content (AvgIpc) is 2.30. The standard InChI is InChI=1S/C13H19NS/c14-12-6-4-5-11(9-12)13(10-15)7-2-1-3-8-13/h4-6,9,15H,1-3,7-8,10,14H2. The Hall–Kier alpha value is -0.630. The molecule has 0 unspecified atom stereocenters. The van der Waals surface area contributed by atoms with Crippen molar-refractivity contribution in [3.63, 3.8) is 0 Å². The summed E-state index contributed by atoms with van der Waals surface area (Å²) in [6.45, 7) is 0. The maximum absolute atomic E-state index is 5.85.